The minimum Gasteiger partial charge on any atom is -0.399 e. The summed E-state index contributed by atoms with van der Waals surface area (Å²) >= 11 is 0. The molecule has 0 atom stereocenters. The SMILES string of the molecule is Nc1ccc(NCC2CC2)c(C(F)(F)F)c1. The van der Waals surface area contributed by atoms with Crippen LogP contribution in [-0.2, 0) is 6.18 Å². The molecule has 88 valence electrons. The van der Waals surface area contributed by atoms with Crippen molar-refractivity contribution in [1.29, 1.82) is 0 Å². The monoisotopic (exact) mass is 230 g/mol. The van der Waals surface area contributed by atoms with Crippen molar-refractivity contribution in [3.8, 4) is 0 Å². The summed E-state index contributed by atoms with van der Waals surface area (Å²) in [5, 5.41) is 2.83. The van der Waals surface area contributed by atoms with Crippen molar-refractivity contribution in [3.63, 3.8) is 0 Å². The van der Waals surface area contributed by atoms with Gasteiger partial charge < -0.3 is 11.1 Å². The van der Waals surface area contributed by atoms with Crippen molar-refractivity contribution < 1.29 is 13.2 Å². The van der Waals surface area contributed by atoms with E-state index in [2.05, 4.69) is 5.32 Å². The highest BCUT2D eigenvalue weighted by Gasteiger charge is 2.34. The van der Waals surface area contributed by atoms with Crippen LogP contribution >= 0.6 is 0 Å². The van der Waals surface area contributed by atoms with E-state index in [1.54, 1.807) is 0 Å². The van der Waals surface area contributed by atoms with Crippen molar-refractivity contribution in [2.45, 2.75) is 19.0 Å². The average Bonchev–Trinajstić information content (AvgIpc) is 2.98. The molecule has 0 radical (unpaired) electrons. The van der Waals surface area contributed by atoms with E-state index in [9.17, 15) is 13.2 Å². The molecular weight excluding hydrogens is 217 g/mol. The molecule has 16 heavy (non-hydrogen) atoms. The van der Waals surface area contributed by atoms with Gasteiger partial charge in [-0.3, -0.25) is 0 Å². The Balaban J connectivity index is 2.20. The molecule has 0 saturated heterocycles. The Morgan fingerprint density at radius 1 is 1.31 bits per heavy atom. The van der Waals surface area contributed by atoms with E-state index in [1.165, 1.54) is 12.1 Å². The predicted octanol–water partition coefficient (Wildman–Crippen LogP) is 3.11. The first kappa shape index (κ1) is 11.1. The van der Waals surface area contributed by atoms with Gasteiger partial charge in [-0.2, -0.15) is 13.2 Å². The van der Waals surface area contributed by atoms with E-state index in [0.717, 1.165) is 18.9 Å². The summed E-state index contributed by atoms with van der Waals surface area (Å²) < 4.78 is 38.0. The van der Waals surface area contributed by atoms with Crippen LogP contribution in [0.25, 0.3) is 0 Å². The van der Waals surface area contributed by atoms with Gasteiger partial charge in [-0.15, -0.1) is 0 Å². The van der Waals surface area contributed by atoms with Gasteiger partial charge in [0.05, 0.1) is 5.56 Å². The van der Waals surface area contributed by atoms with Crippen LogP contribution in [0.3, 0.4) is 0 Å². The first-order valence-corrected chi connectivity index (χ1v) is 5.17. The van der Waals surface area contributed by atoms with Crippen LogP contribution in [0.4, 0.5) is 24.5 Å². The van der Waals surface area contributed by atoms with E-state index >= 15 is 0 Å². The van der Waals surface area contributed by atoms with Gasteiger partial charge in [0.15, 0.2) is 0 Å². The van der Waals surface area contributed by atoms with E-state index in [1.807, 2.05) is 0 Å². The van der Waals surface area contributed by atoms with Crippen LogP contribution in [0, 0.1) is 5.92 Å². The molecule has 1 aliphatic carbocycles. The summed E-state index contributed by atoms with van der Waals surface area (Å²) in [6.07, 6.45) is -2.16. The summed E-state index contributed by atoms with van der Waals surface area (Å²) in [7, 11) is 0. The zero-order valence-corrected chi connectivity index (χ0v) is 8.64. The topological polar surface area (TPSA) is 38.0 Å². The largest absolute Gasteiger partial charge is 0.418 e. The van der Waals surface area contributed by atoms with E-state index in [-0.39, 0.29) is 11.4 Å². The predicted molar refractivity (Wildman–Crippen MR) is 57.1 cm³/mol. The van der Waals surface area contributed by atoms with E-state index in [0.29, 0.717) is 12.5 Å². The second-order valence-electron chi connectivity index (χ2n) is 4.13. The maximum atomic E-state index is 12.7. The smallest absolute Gasteiger partial charge is 0.399 e. The Bertz CT molecular complexity index is 383. The fraction of sp³-hybridized carbons (Fsp3) is 0.455. The van der Waals surface area contributed by atoms with Gasteiger partial charge >= 0.3 is 6.18 Å². The molecule has 0 aromatic heterocycles. The number of benzene rings is 1. The highest BCUT2D eigenvalue weighted by atomic mass is 19.4. The van der Waals surface area contributed by atoms with Crippen LogP contribution in [-0.4, -0.2) is 6.54 Å². The van der Waals surface area contributed by atoms with Gasteiger partial charge in [0, 0.05) is 17.9 Å². The zero-order valence-electron chi connectivity index (χ0n) is 8.64. The molecular formula is C11H13F3N2. The van der Waals surface area contributed by atoms with Crippen LogP contribution in [0.5, 0.6) is 0 Å². The number of rotatable bonds is 3. The van der Waals surface area contributed by atoms with Crippen molar-refractivity contribution in [2.75, 3.05) is 17.6 Å². The molecule has 2 nitrogen and oxygen atoms in total. The molecule has 3 N–H and O–H groups in total. The Kier molecular flexibility index (Phi) is 2.69. The Hall–Kier alpha value is -1.39. The Labute approximate surface area is 91.6 Å². The molecule has 2 rings (SSSR count). The van der Waals surface area contributed by atoms with Gasteiger partial charge in [-0.05, 0) is 37.0 Å². The number of halogens is 3. The molecule has 1 saturated carbocycles. The summed E-state index contributed by atoms with van der Waals surface area (Å²) in [6, 6.07) is 3.83. The molecule has 0 aliphatic heterocycles. The summed E-state index contributed by atoms with van der Waals surface area (Å²) in [4.78, 5) is 0. The lowest BCUT2D eigenvalue weighted by atomic mass is 10.1. The lowest BCUT2D eigenvalue weighted by molar-refractivity contribution is -0.136. The number of hydrogen-bond acceptors (Lipinski definition) is 2. The first-order chi connectivity index (χ1) is 7.47. The average molecular weight is 230 g/mol. The third kappa shape index (κ3) is 2.59. The lowest BCUT2D eigenvalue weighted by Crippen LogP contribution is -2.12. The fourth-order valence-corrected chi connectivity index (χ4v) is 1.53. The first-order valence-electron chi connectivity index (χ1n) is 5.17. The fourth-order valence-electron chi connectivity index (χ4n) is 1.53. The second-order valence-corrected chi connectivity index (χ2v) is 4.13. The Morgan fingerprint density at radius 2 is 2.00 bits per heavy atom. The number of alkyl halides is 3. The molecule has 1 aromatic rings. The van der Waals surface area contributed by atoms with Crippen LogP contribution in [0.2, 0.25) is 0 Å². The third-order valence-corrected chi connectivity index (χ3v) is 2.63. The zero-order chi connectivity index (χ0) is 11.8. The maximum absolute atomic E-state index is 12.7. The molecule has 5 heteroatoms. The van der Waals surface area contributed by atoms with Gasteiger partial charge in [0.2, 0.25) is 0 Å². The van der Waals surface area contributed by atoms with E-state index in [4.69, 9.17) is 5.73 Å². The minimum atomic E-state index is -4.36. The van der Waals surface area contributed by atoms with Gasteiger partial charge in [0.25, 0.3) is 0 Å². The number of nitrogen functional groups attached to an aromatic ring is 1. The highest BCUT2D eigenvalue weighted by Crippen LogP contribution is 2.37. The van der Waals surface area contributed by atoms with Crippen LogP contribution in [0.1, 0.15) is 18.4 Å². The van der Waals surface area contributed by atoms with Gasteiger partial charge in [0.1, 0.15) is 0 Å². The molecule has 0 amide bonds. The minimum absolute atomic E-state index is 0.119. The molecule has 0 heterocycles. The van der Waals surface area contributed by atoms with Crippen molar-refractivity contribution >= 4 is 11.4 Å². The summed E-state index contributed by atoms with van der Waals surface area (Å²) in [5.41, 5.74) is 4.93. The highest BCUT2D eigenvalue weighted by molar-refractivity contribution is 5.59. The van der Waals surface area contributed by atoms with Gasteiger partial charge in [-0.25, -0.2) is 0 Å². The Morgan fingerprint density at radius 3 is 2.56 bits per heavy atom. The quantitative estimate of drug-likeness (QED) is 0.783. The maximum Gasteiger partial charge on any atom is 0.418 e. The standard InChI is InChI=1S/C11H13F3N2/c12-11(13,14)9-5-8(15)3-4-10(9)16-6-7-1-2-7/h3-5,7,16H,1-2,6,15H2. The second kappa shape index (κ2) is 3.88. The van der Waals surface area contributed by atoms with Crippen LogP contribution < -0.4 is 11.1 Å². The van der Waals surface area contributed by atoms with E-state index < -0.39 is 11.7 Å². The number of nitrogens with one attached hydrogen (secondary N) is 1. The number of hydrogen-bond donors (Lipinski definition) is 2. The van der Waals surface area contributed by atoms with Crippen molar-refractivity contribution in [1.82, 2.24) is 0 Å². The van der Waals surface area contributed by atoms with Gasteiger partial charge in [-0.1, -0.05) is 0 Å². The van der Waals surface area contributed by atoms with Crippen LogP contribution in [0.15, 0.2) is 18.2 Å². The number of nitrogens with two attached hydrogens (primary N) is 1. The lowest BCUT2D eigenvalue weighted by Gasteiger charge is -2.14. The molecule has 1 aromatic carbocycles. The van der Waals surface area contributed by atoms with Crippen molar-refractivity contribution in [2.24, 2.45) is 5.92 Å². The summed E-state index contributed by atoms with van der Waals surface area (Å²) in [6.45, 7) is 0.604. The summed E-state index contributed by atoms with van der Waals surface area (Å²) in [5.74, 6) is 0.527. The molecule has 0 unspecified atom stereocenters. The molecule has 1 fully saturated rings. The normalized spacial score (nSPS) is 16.2. The molecule has 0 bridgehead atoms. The third-order valence-electron chi connectivity index (χ3n) is 2.63. The number of anilines is 2. The van der Waals surface area contributed by atoms with Crippen molar-refractivity contribution in [3.05, 3.63) is 23.8 Å². The molecule has 0 spiro atoms. The molecule has 1 aliphatic rings.